The van der Waals surface area contributed by atoms with Gasteiger partial charge in [0.05, 0.1) is 6.61 Å². The molecule has 0 radical (unpaired) electrons. The zero-order valence-corrected chi connectivity index (χ0v) is 17.9. The molecule has 1 aliphatic rings. The first-order valence-corrected chi connectivity index (χ1v) is 11.4. The molecule has 0 saturated carbocycles. The van der Waals surface area contributed by atoms with Crippen molar-refractivity contribution in [3.05, 3.63) is 41.5 Å². The van der Waals surface area contributed by atoms with Crippen molar-refractivity contribution in [1.29, 1.82) is 0 Å². The fourth-order valence-electron chi connectivity index (χ4n) is 3.53. The van der Waals surface area contributed by atoms with Gasteiger partial charge in [0.2, 0.25) is 15.9 Å². The maximum atomic E-state index is 13.0. The second kappa shape index (κ2) is 9.57. The number of carbonyl (C=O) groups is 1. The molecule has 0 spiro atoms. The minimum Gasteiger partial charge on any atom is -0.494 e. The largest absolute Gasteiger partial charge is 0.494 e. The Kier molecular flexibility index (Phi) is 7.09. The van der Waals surface area contributed by atoms with E-state index in [2.05, 4.69) is 10.5 Å². The number of ether oxygens (including phenoxy) is 1. The summed E-state index contributed by atoms with van der Waals surface area (Å²) in [4.78, 5) is 12.6. The molecule has 0 aliphatic carbocycles. The van der Waals surface area contributed by atoms with Crippen LogP contribution < -0.4 is 10.1 Å². The zero-order valence-electron chi connectivity index (χ0n) is 17.1. The lowest BCUT2D eigenvalue weighted by atomic mass is 10.2. The van der Waals surface area contributed by atoms with Crippen LogP contribution in [0.2, 0.25) is 0 Å². The van der Waals surface area contributed by atoms with E-state index in [1.807, 2.05) is 0 Å². The molecule has 1 fully saturated rings. The minimum atomic E-state index is -3.85. The van der Waals surface area contributed by atoms with E-state index < -0.39 is 16.1 Å². The summed E-state index contributed by atoms with van der Waals surface area (Å²) in [7, 11) is -3.85. The van der Waals surface area contributed by atoms with Gasteiger partial charge in [-0.3, -0.25) is 4.79 Å². The molecule has 0 bridgehead atoms. The van der Waals surface area contributed by atoms with E-state index in [0.717, 1.165) is 0 Å². The zero-order chi connectivity index (χ0) is 21.7. The number of sulfonamides is 1. The lowest BCUT2D eigenvalue weighted by Crippen LogP contribution is -2.46. The molecule has 3 rings (SSSR count). The van der Waals surface area contributed by atoms with E-state index in [-0.39, 0.29) is 28.9 Å². The standard InChI is InChI=1S/C20H26FN3O5S/c1-14-19(15(2)29-23-14)30(26,27)24-12-5-6-18(24)20(25)22-11-3-4-13-28-17-9-7-16(21)8-10-17/h7-10,18H,3-6,11-13H2,1-2H3,(H,22,25)/t18-/m1/s1. The first kappa shape index (κ1) is 22.2. The number of hydrogen-bond acceptors (Lipinski definition) is 6. The summed E-state index contributed by atoms with van der Waals surface area (Å²) in [5, 5.41) is 6.53. The summed E-state index contributed by atoms with van der Waals surface area (Å²) < 4.78 is 50.7. The number of aromatic nitrogens is 1. The molecular formula is C20H26FN3O5S. The van der Waals surface area contributed by atoms with Gasteiger partial charge in [0.25, 0.3) is 0 Å². The van der Waals surface area contributed by atoms with Crippen LogP contribution in [-0.4, -0.2) is 49.5 Å². The van der Waals surface area contributed by atoms with Crippen LogP contribution in [0.1, 0.15) is 37.1 Å². The second-order valence-electron chi connectivity index (χ2n) is 7.23. The van der Waals surface area contributed by atoms with E-state index in [0.29, 0.717) is 50.3 Å². The Morgan fingerprint density at radius 3 is 2.70 bits per heavy atom. The van der Waals surface area contributed by atoms with Gasteiger partial charge >= 0.3 is 0 Å². The van der Waals surface area contributed by atoms with Gasteiger partial charge in [0, 0.05) is 13.1 Å². The van der Waals surface area contributed by atoms with Gasteiger partial charge in [-0.15, -0.1) is 0 Å². The van der Waals surface area contributed by atoms with Gasteiger partial charge in [-0.1, -0.05) is 5.16 Å². The number of carbonyl (C=O) groups excluding carboxylic acids is 1. The fraction of sp³-hybridized carbons (Fsp3) is 0.500. The molecule has 2 heterocycles. The summed E-state index contributed by atoms with van der Waals surface area (Å²) >= 11 is 0. The smallest absolute Gasteiger partial charge is 0.249 e. The van der Waals surface area contributed by atoms with Crippen molar-refractivity contribution >= 4 is 15.9 Å². The van der Waals surface area contributed by atoms with E-state index in [9.17, 15) is 17.6 Å². The number of benzene rings is 1. The predicted octanol–water partition coefficient (Wildman–Crippen LogP) is 2.56. The van der Waals surface area contributed by atoms with Crippen LogP contribution in [0.3, 0.4) is 0 Å². The molecule has 0 unspecified atom stereocenters. The van der Waals surface area contributed by atoms with E-state index in [4.69, 9.17) is 9.26 Å². The number of nitrogens with one attached hydrogen (secondary N) is 1. The Bertz CT molecular complexity index is 955. The Morgan fingerprint density at radius 1 is 1.30 bits per heavy atom. The number of amides is 1. The Morgan fingerprint density at radius 2 is 2.03 bits per heavy atom. The Labute approximate surface area is 175 Å². The van der Waals surface area contributed by atoms with E-state index in [1.165, 1.54) is 16.4 Å². The first-order valence-electron chi connectivity index (χ1n) is 9.91. The van der Waals surface area contributed by atoms with Crippen LogP contribution in [-0.2, 0) is 14.8 Å². The molecule has 8 nitrogen and oxygen atoms in total. The highest BCUT2D eigenvalue weighted by Crippen LogP contribution is 2.29. The van der Waals surface area contributed by atoms with Crippen molar-refractivity contribution < 1.29 is 26.9 Å². The van der Waals surface area contributed by atoms with Crippen LogP contribution >= 0.6 is 0 Å². The van der Waals surface area contributed by atoms with Gasteiger partial charge in [-0.25, -0.2) is 12.8 Å². The first-order chi connectivity index (χ1) is 14.3. The Hall–Kier alpha value is -2.46. The predicted molar refractivity (Wildman–Crippen MR) is 107 cm³/mol. The highest BCUT2D eigenvalue weighted by molar-refractivity contribution is 7.89. The number of unbranched alkanes of at least 4 members (excludes halogenated alkanes) is 1. The topological polar surface area (TPSA) is 102 Å². The Balaban J connectivity index is 1.47. The molecule has 1 aliphatic heterocycles. The molecule has 1 atom stereocenters. The average molecular weight is 440 g/mol. The molecule has 1 amide bonds. The second-order valence-corrected chi connectivity index (χ2v) is 9.05. The molecule has 1 aromatic carbocycles. The highest BCUT2D eigenvalue weighted by Gasteiger charge is 2.41. The third-order valence-corrected chi connectivity index (χ3v) is 7.15. The number of halogens is 1. The molecule has 30 heavy (non-hydrogen) atoms. The maximum absolute atomic E-state index is 13.0. The van der Waals surface area contributed by atoms with Crippen LogP contribution in [0.15, 0.2) is 33.7 Å². The molecular weight excluding hydrogens is 413 g/mol. The maximum Gasteiger partial charge on any atom is 0.249 e. The molecule has 1 N–H and O–H groups in total. The molecule has 1 saturated heterocycles. The van der Waals surface area contributed by atoms with Gasteiger partial charge in [0.15, 0.2) is 5.76 Å². The summed E-state index contributed by atoms with van der Waals surface area (Å²) in [5.41, 5.74) is 0.291. The molecule has 10 heteroatoms. The van der Waals surface area contributed by atoms with Crippen molar-refractivity contribution in [3.8, 4) is 5.75 Å². The average Bonchev–Trinajstić information content (AvgIpc) is 3.33. The van der Waals surface area contributed by atoms with Crippen LogP contribution in [0.4, 0.5) is 4.39 Å². The van der Waals surface area contributed by atoms with Crippen molar-refractivity contribution in [3.63, 3.8) is 0 Å². The summed E-state index contributed by atoms with van der Waals surface area (Å²) in [6, 6.07) is 5.05. The van der Waals surface area contributed by atoms with E-state index >= 15 is 0 Å². The molecule has 164 valence electrons. The lowest BCUT2D eigenvalue weighted by Gasteiger charge is -2.23. The van der Waals surface area contributed by atoms with Crippen molar-refractivity contribution in [1.82, 2.24) is 14.8 Å². The van der Waals surface area contributed by atoms with Gasteiger partial charge in [-0.2, -0.15) is 4.31 Å². The van der Waals surface area contributed by atoms with Gasteiger partial charge in [0.1, 0.15) is 28.2 Å². The molecule has 2 aromatic rings. The third-order valence-electron chi connectivity index (χ3n) is 4.99. The highest BCUT2D eigenvalue weighted by atomic mass is 32.2. The number of hydrogen-bond donors (Lipinski definition) is 1. The SMILES string of the molecule is Cc1noc(C)c1S(=O)(=O)N1CCC[C@@H]1C(=O)NCCCCOc1ccc(F)cc1. The summed E-state index contributed by atoms with van der Waals surface area (Å²) in [6.07, 6.45) is 2.47. The number of aryl methyl sites for hydroxylation is 2. The van der Waals surface area contributed by atoms with Crippen LogP contribution in [0, 0.1) is 19.7 Å². The summed E-state index contributed by atoms with van der Waals surface area (Å²) in [5.74, 6) is 0.191. The lowest BCUT2D eigenvalue weighted by molar-refractivity contribution is -0.124. The minimum absolute atomic E-state index is 0.0418. The third kappa shape index (κ3) is 4.99. The van der Waals surface area contributed by atoms with Gasteiger partial charge in [-0.05, 0) is 63.8 Å². The van der Waals surface area contributed by atoms with Gasteiger partial charge < -0.3 is 14.6 Å². The monoisotopic (exact) mass is 439 g/mol. The van der Waals surface area contributed by atoms with E-state index in [1.54, 1.807) is 26.0 Å². The quantitative estimate of drug-likeness (QED) is 0.603. The summed E-state index contributed by atoms with van der Waals surface area (Å²) in [6.45, 7) is 4.27. The fourth-order valence-corrected chi connectivity index (χ4v) is 5.48. The van der Waals surface area contributed by atoms with Crippen LogP contribution in [0.25, 0.3) is 0 Å². The normalized spacial score (nSPS) is 17.2. The van der Waals surface area contributed by atoms with Crippen molar-refractivity contribution in [2.75, 3.05) is 19.7 Å². The molecule has 1 aromatic heterocycles. The number of rotatable bonds is 9. The van der Waals surface area contributed by atoms with Crippen molar-refractivity contribution in [2.24, 2.45) is 0 Å². The van der Waals surface area contributed by atoms with Crippen LogP contribution in [0.5, 0.6) is 5.75 Å². The number of nitrogens with zero attached hydrogens (tertiary/aromatic N) is 2. The van der Waals surface area contributed by atoms with Crippen molar-refractivity contribution in [2.45, 2.75) is 50.5 Å².